The van der Waals surface area contributed by atoms with E-state index in [0.717, 1.165) is 19.5 Å². The van der Waals surface area contributed by atoms with Gasteiger partial charge in [-0.05, 0) is 31.7 Å². The van der Waals surface area contributed by atoms with Gasteiger partial charge in [-0.25, -0.2) is 0 Å². The van der Waals surface area contributed by atoms with Gasteiger partial charge in [-0.1, -0.05) is 6.92 Å². The molecule has 74 valence electrons. The van der Waals surface area contributed by atoms with E-state index in [4.69, 9.17) is 0 Å². The van der Waals surface area contributed by atoms with E-state index < -0.39 is 0 Å². The van der Waals surface area contributed by atoms with Gasteiger partial charge in [-0.2, -0.15) is 0 Å². The topological polar surface area (TPSA) is 41.1 Å². The maximum absolute atomic E-state index is 11.7. The van der Waals surface area contributed by atoms with Crippen LogP contribution in [0, 0.1) is 11.8 Å². The maximum atomic E-state index is 11.7. The zero-order chi connectivity index (χ0) is 9.26. The number of amides is 1. The van der Waals surface area contributed by atoms with Gasteiger partial charge < -0.3 is 10.6 Å². The van der Waals surface area contributed by atoms with Crippen LogP contribution in [0.1, 0.15) is 26.2 Å². The average molecular weight is 182 g/mol. The molecule has 0 aromatic carbocycles. The number of carbonyl (C=O) groups is 1. The number of carbonyl (C=O) groups excluding carboxylic acids is 1. The Balaban J connectivity index is 1.85. The Morgan fingerprint density at radius 1 is 1.38 bits per heavy atom. The summed E-state index contributed by atoms with van der Waals surface area (Å²) in [5.41, 5.74) is 0. The standard InChI is InChI=1S/C10H18N2O/c1-7-4-5-11-6-9(7)10(13)12-8-2-3-8/h7-9,11H,2-6H2,1H3,(H,12,13)/t7-,9-/m1/s1. The molecule has 1 saturated heterocycles. The van der Waals surface area contributed by atoms with E-state index in [1.165, 1.54) is 12.8 Å². The van der Waals surface area contributed by atoms with Gasteiger partial charge in [0.1, 0.15) is 0 Å². The third kappa shape index (κ3) is 2.21. The van der Waals surface area contributed by atoms with Gasteiger partial charge in [-0.15, -0.1) is 0 Å². The van der Waals surface area contributed by atoms with Gasteiger partial charge in [0.2, 0.25) is 5.91 Å². The third-order valence-corrected chi connectivity index (χ3v) is 3.09. The molecular formula is C10H18N2O. The van der Waals surface area contributed by atoms with Crippen molar-refractivity contribution in [2.24, 2.45) is 11.8 Å². The van der Waals surface area contributed by atoms with Crippen LogP contribution in [0.15, 0.2) is 0 Å². The van der Waals surface area contributed by atoms with Crippen LogP contribution in [0.3, 0.4) is 0 Å². The van der Waals surface area contributed by atoms with Crippen molar-refractivity contribution in [3.63, 3.8) is 0 Å². The number of hydrogen-bond acceptors (Lipinski definition) is 2. The van der Waals surface area contributed by atoms with Crippen molar-refractivity contribution in [3.8, 4) is 0 Å². The summed E-state index contributed by atoms with van der Waals surface area (Å²) in [7, 11) is 0. The van der Waals surface area contributed by atoms with Crippen LogP contribution in [0.25, 0.3) is 0 Å². The van der Waals surface area contributed by atoms with E-state index in [1.807, 2.05) is 0 Å². The van der Waals surface area contributed by atoms with Crippen LogP contribution in [-0.2, 0) is 4.79 Å². The molecule has 0 radical (unpaired) electrons. The predicted molar refractivity (Wildman–Crippen MR) is 51.3 cm³/mol. The quantitative estimate of drug-likeness (QED) is 0.653. The molecule has 0 unspecified atom stereocenters. The molecule has 1 aliphatic heterocycles. The monoisotopic (exact) mass is 182 g/mol. The molecule has 2 aliphatic rings. The summed E-state index contributed by atoms with van der Waals surface area (Å²) >= 11 is 0. The highest BCUT2D eigenvalue weighted by Crippen LogP contribution is 2.22. The predicted octanol–water partition coefficient (Wildman–Crippen LogP) is 0.511. The highest BCUT2D eigenvalue weighted by molar-refractivity contribution is 5.79. The number of rotatable bonds is 2. The summed E-state index contributed by atoms with van der Waals surface area (Å²) in [6.45, 7) is 4.10. The first-order valence-electron chi connectivity index (χ1n) is 5.28. The number of hydrogen-bond donors (Lipinski definition) is 2. The van der Waals surface area contributed by atoms with Crippen LogP contribution in [0.5, 0.6) is 0 Å². The Hall–Kier alpha value is -0.570. The molecule has 2 atom stereocenters. The van der Waals surface area contributed by atoms with Gasteiger partial charge in [0.05, 0.1) is 5.92 Å². The molecule has 2 fully saturated rings. The molecule has 2 rings (SSSR count). The summed E-state index contributed by atoms with van der Waals surface area (Å²) in [6.07, 6.45) is 3.49. The first kappa shape index (κ1) is 9.00. The minimum atomic E-state index is 0.203. The molecule has 1 heterocycles. The molecule has 0 bridgehead atoms. The third-order valence-electron chi connectivity index (χ3n) is 3.09. The zero-order valence-corrected chi connectivity index (χ0v) is 8.18. The number of nitrogens with one attached hydrogen (secondary N) is 2. The maximum Gasteiger partial charge on any atom is 0.224 e. The van der Waals surface area contributed by atoms with Crippen molar-refractivity contribution >= 4 is 5.91 Å². The van der Waals surface area contributed by atoms with Crippen molar-refractivity contribution in [2.45, 2.75) is 32.2 Å². The summed E-state index contributed by atoms with van der Waals surface area (Å²) in [5.74, 6) is 1.01. The van der Waals surface area contributed by atoms with Crippen molar-refractivity contribution < 1.29 is 4.79 Å². The first-order valence-corrected chi connectivity index (χ1v) is 5.28. The molecule has 13 heavy (non-hydrogen) atoms. The fourth-order valence-corrected chi connectivity index (χ4v) is 1.88. The van der Waals surface area contributed by atoms with Gasteiger partial charge in [-0.3, -0.25) is 4.79 Å². The molecular weight excluding hydrogens is 164 g/mol. The summed E-state index contributed by atoms with van der Waals surface area (Å²) in [5, 5.41) is 6.35. The summed E-state index contributed by atoms with van der Waals surface area (Å²) < 4.78 is 0. The summed E-state index contributed by atoms with van der Waals surface area (Å²) in [4.78, 5) is 11.7. The molecule has 0 aromatic rings. The Kier molecular flexibility index (Phi) is 2.54. The molecule has 2 N–H and O–H groups in total. The van der Waals surface area contributed by atoms with Crippen LogP contribution in [0.4, 0.5) is 0 Å². The first-order chi connectivity index (χ1) is 6.27. The van der Waals surface area contributed by atoms with Crippen LogP contribution in [0.2, 0.25) is 0 Å². The van der Waals surface area contributed by atoms with Gasteiger partial charge in [0, 0.05) is 12.6 Å². The van der Waals surface area contributed by atoms with Crippen molar-refractivity contribution in [1.82, 2.24) is 10.6 Å². The lowest BCUT2D eigenvalue weighted by Crippen LogP contribution is -2.45. The second-order valence-electron chi connectivity index (χ2n) is 4.36. The van der Waals surface area contributed by atoms with Gasteiger partial charge in [0.25, 0.3) is 0 Å². The Morgan fingerprint density at radius 3 is 2.77 bits per heavy atom. The molecule has 1 amide bonds. The second-order valence-corrected chi connectivity index (χ2v) is 4.36. The normalized spacial score (nSPS) is 34.2. The molecule has 0 spiro atoms. The minimum Gasteiger partial charge on any atom is -0.353 e. The Labute approximate surface area is 79.3 Å². The SMILES string of the molecule is C[C@@H]1CCNC[C@H]1C(=O)NC1CC1. The minimum absolute atomic E-state index is 0.203. The number of piperidine rings is 1. The van der Waals surface area contributed by atoms with Crippen LogP contribution < -0.4 is 10.6 Å². The van der Waals surface area contributed by atoms with Crippen molar-refractivity contribution in [1.29, 1.82) is 0 Å². The van der Waals surface area contributed by atoms with E-state index in [0.29, 0.717) is 12.0 Å². The van der Waals surface area contributed by atoms with Crippen molar-refractivity contribution in [3.05, 3.63) is 0 Å². The molecule has 3 nitrogen and oxygen atoms in total. The molecule has 3 heteroatoms. The van der Waals surface area contributed by atoms with E-state index >= 15 is 0 Å². The fourth-order valence-electron chi connectivity index (χ4n) is 1.88. The van der Waals surface area contributed by atoms with E-state index in [-0.39, 0.29) is 11.8 Å². The van der Waals surface area contributed by atoms with Crippen LogP contribution >= 0.6 is 0 Å². The van der Waals surface area contributed by atoms with Crippen LogP contribution in [-0.4, -0.2) is 25.0 Å². The lowest BCUT2D eigenvalue weighted by Gasteiger charge is -2.28. The molecule has 1 aliphatic carbocycles. The van der Waals surface area contributed by atoms with E-state index in [2.05, 4.69) is 17.6 Å². The van der Waals surface area contributed by atoms with Crippen molar-refractivity contribution in [2.75, 3.05) is 13.1 Å². The molecule has 0 aromatic heterocycles. The van der Waals surface area contributed by atoms with Gasteiger partial charge in [0.15, 0.2) is 0 Å². The second kappa shape index (κ2) is 3.66. The highest BCUT2D eigenvalue weighted by Gasteiger charge is 2.31. The van der Waals surface area contributed by atoms with E-state index in [9.17, 15) is 4.79 Å². The lowest BCUT2D eigenvalue weighted by atomic mass is 9.87. The zero-order valence-electron chi connectivity index (χ0n) is 8.18. The Morgan fingerprint density at radius 2 is 2.15 bits per heavy atom. The largest absolute Gasteiger partial charge is 0.353 e. The van der Waals surface area contributed by atoms with Gasteiger partial charge >= 0.3 is 0 Å². The Bertz CT molecular complexity index is 201. The van der Waals surface area contributed by atoms with E-state index in [1.54, 1.807) is 0 Å². The molecule has 1 saturated carbocycles. The lowest BCUT2D eigenvalue weighted by molar-refractivity contribution is -0.127. The summed E-state index contributed by atoms with van der Waals surface area (Å²) in [6, 6.07) is 0.502. The smallest absolute Gasteiger partial charge is 0.224 e. The highest BCUT2D eigenvalue weighted by atomic mass is 16.2. The average Bonchev–Trinajstić information content (AvgIpc) is 2.89. The fraction of sp³-hybridized carbons (Fsp3) is 0.900.